The number of rotatable bonds is 3. The standard InChI is InChI=1S/C22H23N5S/c1-15-12-16(2)25-22-18(15)19-20(28-22)21(24-14-23-19)27-10-8-26(9-11-27)13-17-6-4-3-5-7-17/h3-7,12,14H,8-11,13H2,1-2H3/p+1. The molecule has 6 heteroatoms. The molecule has 5 rings (SSSR count). The van der Waals surface area contributed by atoms with Crippen LogP contribution in [0, 0.1) is 13.8 Å². The van der Waals surface area contributed by atoms with Gasteiger partial charge < -0.3 is 9.80 Å². The first-order valence-corrected chi connectivity index (χ1v) is 10.6. The van der Waals surface area contributed by atoms with E-state index in [1.54, 1.807) is 22.6 Å². The molecule has 1 N–H and O–H groups in total. The number of aryl methyl sites for hydroxylation is 2. The van der Waals surface area contributed by atoms with E-state index in [2.05, 4.69) is 65.1 Å². The molecule has 1 fully saturated rings. The number of quaternary nitrogens is 1. The number of thiophene rings is 1. The molecule has 4 heterocycles. The maximum absolute atomic E-state index is 4.75. The lowest BCUT2D eigenvalue weighted by atomic mass is 10.1. The summed E-state index contributed by atoms with van der Waals surface area (Å²) in [5.41, 5.74) is 4.77. The van der Waals surface area contributed by atoms with Gasteiger partial charge in [0.15, 0.2) is 5.82 Å². The van der Waals surface area contributed by atoms with E-state index in [-0.39, 0.29) is 0 Å². The molecular formula is C22H24N5S+. The lowest BCUT2D eigenvalue weighted by molar-refractivity contribution is -0.914. The van der Waals surface area contributed by atoms with Crippen LogP contribution in [0.5, 0.6) is 0 Å². The van der Waals surface area contributed by atoms with Crippen molar-refractivity contribution in [3.63, 3.8) is 0 Å². The van der Waals surface area contributed by atoms with E-state index in [9.17, 15) is 0 Å². The van der Waals surface area contributed by atoms with Crippen LogP contribution in [0.4, 0.5) is 5.82 Å². The van der Waals surface area contributed by atoms with Gasteiger partial charge in [-0.3, -0.25) is 0 Å². The van der Waals surface area contributed by atoms with E-state index in [1.165, 1.54) is 21.2 Å². The van der Waals surface area contributed by atoms with Gasteiger partial charge in [0.1, 0.15) is 17.7 Å². The number of hydrogen-bond donors (Lipinski definition) is 1. The summed E-state index contributed by atoms with van der Waals surface area (Å²) in [6.07, 6.45) is 1.71. The number of fused-ring (bicyclic) bond motifs is 3. The summed E-state index contributed by atoms with van der Waals surface area (Å²) in [6, 6.07) is 12.9. The number of aromatic nitrogens is 3. The van der Waals surface area contributed by atoms with E-state index in [1.807, 2.05) is 0 Å². The highest BCUT2D eigenvalue weighted by atomic mass is 32.1. The van der Waals surface area contributed by atoms with Crippen LogP contribution in [0.3, 0.4) is 0 Å². The molecule has 0 saturated carbocycles. The van der Waals surface area contributed by atoms with Gasteiger partial charge in [-0.25, -0.2) is 15.0 Å². The van der Waals surface area contributed by atoms with Crippen molar-refractivity contribution in [1.29, 1.82) is 0 Å². The van der Waals surface area contributed by atoms with Crippen molar-refractivity contribution >= 4 is 37.6 Å². The molecule has 0 amide bonds. The van der Waals surface area contributed by atoms with Crippen molar-refractivity contribution in [2.24, 2.45) is 0 Å². The average molecular weight is 391 g/mol. The first-order chi connectivity index (χ1) is 13.7. The number of pyridine rings is 1. The highest BCUT2D eigenvalue weighted by Crippen LogP contribution is 2.37. The summed E-state index contributed by atoms with van der Waals surface area (Å²) in [6.45, 7) is 9.60. The van der Waals surface area contributed by atoms with Crippen LogP contribution in [0.1, 0.15) is 16.8 Å². The number of piperazine rings is 1. The number of nitrogens with zero attached hydrogens (tertiary/aromatic N) is 4. The quantitative estimate of drug-likeness (QED) is 0.584. The molecule has 1 saturated heterocycles. The molecule has 3 aromatic heterocycles. The molecule has 5 nitrogen and oxygen atoms in total. The molecule has 0 bridgehead atoms. The van der Waals surface area contributed by atoms with Gasteiger partial charge in [-0.1, -0.05) is 30.3 Å². The van der Waals surface area contributed by atoms with Crippen molar-refractivity contribution in [3.8, 4) is 0 Å². The Bertz CT molecular complexity index is 1130. The maximum Gasteiger partial charge on any atom is 0.150 e. The van der Waals surface area contributed by atoms with Crippen molar-refractivity contribution < 1.29 is 4.90 Å². The van der Waals surface area contributed by atoms with Gasteiger partial charge in [0, 0.05) is 16.6 Å². The zero-order chi connectivity index (χ0) is 19.1. The molecule has 1 aliphatic heterocycles. The summed E-state index contributed by atoms with van der Waals surface area (Å²) in [7, 11) is 0. The van der Waals surface area contributed by atoms with Crippen molar-refractivity contribution in [1.82, 2.24) is 15.0 Å². The Hall–Kier alpha value is -2.57. The molecule has 1 aliphatic rings. The highest BCUT2D eigenvalue weighted by Gasteiger charge is 2.24. The van der Waals surface area contributed by atoms with Gasteiger partial charge in [0.25, 0.3) is 0 Å². The monoisotopic (exact) mass is 390 g/mol. The molecule has 28 heavy (non-hydrogen) atoms. The van der Waals surface area contributed by atoms with Crippen LogP contribution in [0.2, 0.25) is 0 Å². The fourth-order valence-corrected chi connectivity index (χ4v) is 5.49. The Kier molecular flexibility index (Phi) is 4.45. The fourth-order valence-electron chi connectivity index (χ4n) is 4.22. The molecular weight excluding hydrogens is 366 g/mol. The Labute approximate surface area is 168 Å². The zero-order valence-electron chi connectivity index (χ0n) is 16.3. The van der Waals surface area contributed by atoms with Crippen molar-refractivity contribution in [3.05, 3.63) is 59.5 Å². The van der Waals surface area contributed by atoms with Gasteiger partial charge in [-0.15, -0.1) is 11.3 Å². The molecule has 142 valence electrons. The van der Waals surface area contributed by atoms with Crippen LogP contribution < -0.4 is 9.80 Å². The van der Waals surface area contributed by atoms with E-state index < -0.39 is 0 Å². The normalized spacial score (nSPS) is 15.6. The van der Waals surface area contributed by atoms with Gasteiger partial charge in [0.05, 0.1) is 36.4 Å². The molecule has 0 radical (unpaired) electrons. The third-order valence-corrected chi connectivity index (χ3v) is 6.67. The van der Waals surface area contributed by atoms with Crippen LogP contribution in [0.25, 0.3) is 20.4 Å². The second kappa shape index (κ2) is 7.11. The molecule has 0 atom stereocenters. The van der Waals surface area contributed by atoms with Crippen molar-refractivity contribution in [2.75, 3.05) is 31.1 Å². The topological polar surface area (TPSA) is 46.4 Å². The molecule has 0 unspecified atom stereocenters. The summed E-state index contributed by atoms with van der Waals surface area (Å²) >= 11 is 1.73. The number of anilines is 1. The summed E-state index contributed by atoms with van der Waals surface area (Å²) in [5, 5.41) is 1.18. The average Bonchev–Trinajstić information content (AvgIpc) is 3.08. The zero-order valence-corrected chi connectivity index (χ0v) is 17.1. The Balaban J connectivity index is 1.42. The molecule has 4 aromatic rings. The first-order valence-electron chi connectivity index (χ1n) is 9.83. The molecule has 0 aliphatic carbocycles. The summed E-state index contributed by atoms with van der Waals surface area (Å²) in [4.78, 5) is 19.2. The Morgan fingerprint density at radius 1 is 1.07 bits per heavy atom. The lowest BCUT2D eigenvalue weighted by Gasteiger charge is -2.33. The fraction of sp³-hybridized carbons (Fsp3) is 0.318. The van der Waals surface area contributed by atoms with Gasteiger partial charge in [-0.05, 0) is 25.5 Å². The minimum Gasteiger partial charge on any atom is -0.344 e. The number of hydrogen-bond acceptors (Lipinski definition) is 5. The number of benzene rings is 1. The largest absolute Gasteiger partial charge is 0.344 e. The third kappa shape index (κ3) is 3.12. The minimum absolute atomic E-state index is 1.02. The summed E-state index contributed by atoms with van der Waals surface area (Å²) < 4.78 is 1.17. The van der Waals surface area contributed by atoms with Crippen LogP contribution in [-0.4, -0.2) is 41.1 Å². The Morgan fingerprint density at radius 2 is 1.86 bits per heavy atom. The van der Waals surface area contributed by atoms with E-state index in [0.29, 0.717) is 0 Å². The lowest BCUT2D eigenvalue weighted by Crippen LogP contribution is -3.13. The van der Waals surface area contributed by atoms with E-state index >= 15 is 0 Å². The highest BCUT2D eigenvalue weighted by molar-refractivity contribution is 7.26. The van der Waals surface area contributed by atoms with Gasteiger partial charge in [-0.2, -0.15) is 0 Å². The predicted molar refractivity (Wildman–Crippen MR) is 115 cm³/mol. The SMILES string of the molecule is Cc1cc(C)c2c(n1)sc1c(N3CC[NH+](Cc4ccccc4)CC3)ncnc12. The smallest absolute Gasteiger partial charge is 0.150 e. The van der Waals surface area contributed by atoms with Gasteiger partial charge in [0.2, 0.25) is 0 Å². The van der Waals surface area contributed by atoms with Crippen LogP contribution in [-0.2, 0) is 6.54 Å². The first kappa shape index (κ1) is 17.5. The maximum atomic E-state index is 4.75. The minimum atomic E-state index is 1.02. The number of nitrogens with one attached hydrogen (secondary N) is 1. The molecule has 1 aromatic carbocycles. The Morgan fingerprint density at radius 3 is 2.64 bits per heavy atom. The van der Waals surface area contributed by atoms with Crippen LogP contribution >= 0.6 is 11.3 Å². The predicted octanol–water partition coefficient (Wildman–Crippen LogP) is 2.76. The second-order valence-corrected chi connectivity index (χ2v) is 8.64. The van der Waals surface area contributed by atoms with E-state index in [0.717, 1.165) is 54.6 Å². The van der Waals surface area contributed by atoms with E-state index in [4.69, 9.17) is 4.98 Å². The second-order valence-electron chi connectivity index (χ2n) is 7.64. The van der Waals surface area contributed by atoms with Crippen LogP contribution in [0.15, 0.2) is 42.7 Å². The summed E-state index contributed by atoms with van der Waals surface area (Å²) in [5.74, 6) is 1.07. The van der Waals surface area contributed by atoms with Gasteiger partial charge >= 0.3 is 0 Å². The van der Waals surface area contributed by atoms with Crippen molar-refractivity contribution in [2.45, 2.75) is 20.4 Å². The third-order valence-electron chi connectivity index (χ3n) is 5.60. The molecule has 0 spiro atoms.